The number of ether oxygens (including phenoxy) is 4. The van der Waals surface area contributed by atoms with Crippen molar-refractivity contribution in [2.24, 2.45) is 0 Å². The summed E-state index contributed by atoms with van der Waals surface area (Å²) in [5.41, 5.74) is 7.19. The summed E-state index contributed by atoms with van der Waals surface area (Å²) >= 11 is 3.29. The molecule has 0 aromatic heterocycles. The Morgan fingerprint density at radius 3 is 1.42 bits per heavy atom. The molecule has 6 aromatic carbocycles. The van der Waals surface area contributed by atoms with Crippen LogP contribution in [0.25, 0.3) is 11.1 Å². The Morgan fingerprint density at radius 1 is 0.547 bits per heavy atom. The fourth-order valence-corrected chi connectivity index (χ4v) is 7.28. The maximum atomic E-state index is 13.1. The van der Waals surface area contributed by atoms with Crippen molar-refractivity contribution in [3.05, 3.63) is 171 Å². The lowest BCUT2D eigenvalue weighted by molar-refractivity contribution is 0.00578. The third-order valence-electron chi connectivity index (χ3n) is 11.1. The quantitative estimate of drug-likeness (QED) is 0.0885. The lowest BCUT2D eigenvalue weighted by Crippen LogP contribution is -2.41. The predicted octanol–water partition coefficient (Wildman–Crippen LogP) is 11.9. The number of Topliss-reactive ketones (excluding diaryl/α,β-unsaturated/α-hetero) is 2. The van der Waals surface area contributed by atoms with Gasteiger partial charge >= 0.3 is 7.12 Å². The van der Waals surface area contributed by atoms with E-state index in [1.807, 2.05) is 82.3 Å². The Kier molecular flexibility index (Phi) is 16.7. The zero-order valence-corrected chi connectivity index (χ0v) is 39.5. The van der Waals surface area contributed by atoms with Crippen LogP contribution in [-0.2, 0) is 22.2 Å². The summed E-state index contributed by atoms with van der Waals surface area (Å²) in [7, 11) is 5.88. The first-order chi connectivity index (χ1) is 30.4. The van der Waals surface area contributed by atoms with Gasteiger partial charge in [-0.1, -0.05) is 64.5 Å². The van der Waals surface area contributed by atoms with Crippen molar-refractivity contribution in [1.82, 2.24) is 0 Å². The molecular weight excluding hydrogens is 881 g/mol. The highest BCUT2D eigenvalue weighted by Gasteiger charge is 2.52. The van der Waals surface area contributed by atoms with Gasteiger partial charge in [-0.3, -0.25) is 9.59 Å². The second-order valence-electron chi connectivity index (χ2n) is 16.2. The first-order valence-electron chi connectivity index (χ1n) is 20.6. The Hall–Kier alpha value is -5.82. The molecule has 12 heteroatoms. The molecule has 0 unspecified atom stereocenters. The van der Waals surface area contributed by atoms with Crippen molar-refractivity contribution < 1.29 is 48.1 Å². The van der Waals surface area contributed by atoms with Crippen LogP contribution >= 0.6 is 15.9 Å². The van der Waals surface area contributed by atoms with Crippen LogP contribution in [0.4, 0.5) is 8.78 Å². The molecule has 0 atom stereocenters. The highest BCUT2D eigenvalue weighted by Crippen LogP contribution is 2.38. The van der Waals surface area contributed by atoms with E-state index < -0.39 is 18.3 Å². The van der Waals surface area contributed by atoms with Crippen LogP contribution in [-0.4, -0.2) is 58.3 Å². The molecule has 1 fully saturated rings. The standard InChI is InChI=1S/C23H21FO3.C20H24BFO3.C9H9BrO2.H2/c1-15(25)20-14-18(7-11-22(20)26-2)21-13-17(6-10-23(21)27-3)12-16-4-8-19(24)9-5-16;1-19(2)20(3,4)25-21(24-19)17-13-15(8-11-18(17)23-5)12-14-6-9-16(22)10-7-14;1-6(11)8-5-7(10)3-4-9(8)12-2;/h4-11,13-14H,12H2,1-3H3;6-11,13H,12H2,1-5H3;3-5H,1-2H3;1H/i;;;1+1. The number of halogens is 3. The lowest BCUT2D eigenvalue weighted by atomic mass is 9.77. The second-order valence-corrected chi connectivity index (χ2v) is 17.1. The van der Waals surface area contributed by atoms with E-state index in [0.29, 0.717) is 35.5 Å². The summed E-state index contributed by atoms with van der Waals surface area (Å²) in [6.07, 6.45) is 1.38. The minimum absolute atomic E-state index is 0. The molecule has 1 aliphatic rings. The van der Waals surface area contributed by atoms with E-state index in [1.54, 1.807) is 70.9 Å². The molecule has 1 aliphatic heterocycles. The van der Waals surface area contributed by atoms with Crippen LogP contribution in [0.5, 0.6) is 23.0 Å². The SMILES string of the molecule is COc1ccc(-c2cc(Cc3ccc(F)cc3)ccc2OC)cc1C(C)=O.COc1ccc(Br)cc1C(C)=O.COc1ccc(Cc2ccc(F)cc2)cc1B1OC(C)(C)C(C)(C)O1.[2HH]. The van der Waals surface area contributed by atoms with Gasteiger partial charge in [-0.05, 0) is 155 Å². The minimum Gasteiger partial charge on any atom is -0.497 e. The van der Waals surface area contributed by atoms with Crippen LogP contribution in [0.15, 0.2) is 126 Å². The Bertz CT molecular complexity index is 2550. The molecule has 6 aromatic rings. The zero-order valence-electron chi connectivity index (χ0n) is 37.9. The molecule has 1 heterocycles. The average molecular weight is 939 g/mol. The minimum atomic E-state index is -0.479. The molecule has 0 saturated carbocycles. The molecule has 0 radical (unpaired) electrons. The van der Waals surface area contributed by atoms with Gasteiger partial charge in [0.2, 0.25) is 0 Å². The molecule has 0 aliphatic carbocycles. The van der Waals surface area contributed by atoms with E-state index in [2.05, 4.69) is 15.9 Å². The molecule has 7 rings (SSSR count). The van der Waals surface area contributed by atoms with Crippen LogP contribution in [0.2, 0.25) is 0 Å². The maximum absolute atomic E-state index is 13.1. The molecule has 0 N–H and O–H groups in total. The van der Waals surface area contributed by atoms with Crippen LogP contribution in [0.3, 0.4) is 0 Å². The van der Waals surface area contributed by atoms with Crippen LogP contribution in [0.1, 0.15) is 85.9 Å². The van der Waals surface area contributed by atoms with E-state index >= 15 is 0 Å². The number of methoxy groups -OCH3 is 4. The number of hydrogen-bond donors (Lipinski definition) is 0. The topological polar surface area (TPSA) is 89.5 Å². The van der Waals surface area contributed by atoms with E-state index in [4.69, 9.17) is 28.3 Å². The van der Waals surface area contributed by atoms with E-state index in [-0.39, 0.29) is 24.6 Å². The van der Waals surface area contributed by atoms with Gasteiger partial charge in [0.25, 0.3) is 0 Å². The van der Waals surface area contributed by atoms with Crippen molar-refractivity contribution in [2.45, 2.75) is 65.6 Å². The van der Waals surface area contributed by atoms with Gasteiger partial charge in [0.1, 0.15) is 34.6 Å². The number of rotatable bonds is 12. The van der Waals surface area contributed by atoms with Crippen molar-refractivity contribution in [3.8, 4) is 34.1 Å². The smallest absolute Gasteiger partial charge is 0.497 e. The summed E-state index contributed by atoms with van der Waals surface area (Å²) in [5, 5.41) is 0. The van der Waals surface area contributed by atoms with Gasteiger partial charge in [0, 0.05) is 16.9 Å². The Balaban J connectivity index is 0.000000226. The summed E-state index contributed by atoms with van der Waals surface area (Å²) in [4.78, 5) is 23.0. The molecule has 1 saturated heterocycles. The number of ketones is 2. The van der Waals surface area contributed by atoms with Gasteiger partial charge in [-0.15, -0.1) is 0 Å². The third-order valence-corrected chi connectivity index (χ3v) is 11.6. The Labute approximate surface area is 385 Å². The second kappa shape index (κ2) is 21.7. The maximum Gasteiger partial charge on any atom is 0.498 e. The monoisotopic (exact) mass is 937 g/mol. The summed E-state index contributed by atoms with van der Waals surface area (Å²) < 4.78 is 60.7. The van der Waals surface area contributed by atoms with Crippen molar-refractivity contribution >= 4 is 40.1 Å². The highest BCUT2D eigenvalue weighted by molar-refractivity contribution is 9.10. The number of benzene rings is 6. The van der Waals surface area contributed by atoms with Crippen molar-refractivity contribution in [2.75, 3.05) is 28.4 Å². The van der Waals surface area contributed by atoms with Gasteiger partial charge in [-0.25, -0.2) is 8.78 Å². The molecule has 0 amide bonds. The van der Waals surface area contributed by atoms with E-state index in [1.165, 1.54) is 38.1 Å². The van der Waals surface area contributed by atoms with Gasteiger partial charge < -0.3 is 28.3 Å². The third kappa shape index (κ3) is 12.5. The van der Waals surface area contributed by atoms with E-state index in [0.717, 1.165) is 54.8 Å². The first kappa shape index (κ1) is 49.2. The van der Waals surface area contributed by atoms with E-state index in [9.17, 15) is 18.4 Å². The van der Waals surface area contributed by atoms with Crippen LogP contribution in [0, 0.1) is 11.6 Å². The number of hydrogen-bond acceptors (Lipinski definition) is 8. The molecule has 0 bridgehead atoms. The molecule has 8 nitrogen and oxygen atoms in total. The van der Waals surface area contributed by atoms with Crippen molar-refractivity contribution in [3.63, 3.8) is 0 Å². The summed E-state index contributed by atoms with van der Waals surface area (Å²) in [6, 6.07) is 35.8. The summed E-state index contributed by atoms with van der Waals surface area (Å²) in [5.74, 6) is 2.10. The average Bonchev–Trinajstić information content (AvgIpc) is 3.50. The van der Waals surface area contributed by atoms with Gasteiger partial charge in [-0.2, -0.15) is 0 Å². The lowest BCUT2D eigenvalue weighted by Gasteiger charge is -2.32. The first-order valence-corrected chi connectivity index (χ1v) is 21.4. The predicted molar refractivity (Wildman–Crippen MR) is 255 cm³/mol. The number of carbonyl (C=O) groups excluding carboxylic acids is 2. The fraction of sp³-hybridized carbons (Fsp3) is 0.269. The largest absolute Gasteiger partial charge is 0.498 e. The van der Waals surface area contributed by atoms with Crippen LogP contribution < -0.4 is 24.4 Å². The number of carbonyl (C=O) groups is 2. The highest BCUT2D eigenvalue weighted by atomic mass is 79.9. The summed E-state index contributed by atoms with van der Waals surface area (Å²) in [6.45, 7) is 11.2. The van der Waals surface area contributed by atoms with Gasteiger partial charge in [0.15, 0.2) is 11.6 Å². The normalized spacial score (nSPS) is 13.4. The molecule has 336 valence electrons. The zero-order chi connectivity index (χ0) is 46.8. The molecular formula is C52H56BBrF2O8. The van der Waals surface area contributed by atoms with Crippen molar-refractivity contribution in [1.29, 1.82) is 0 Å². The van der Waals surface area contributed by atoms with Gasteiger partial charge in [0.05, 0.1) is 50.8 Å². The molecule has 0 spiro atoms. The Morgan fingerprint density at radius 2 is 0.953 bits per heavy atom. The molecule has 64 heavy (non-hydrogen) atoms. The fourth-order valence-electron chi connectivity index (χ4n) is 6.92.